The number of benzene rings is 2. The third-order valence-electron chi connectivity index (χ3n) is 3.74. The topological polar surface area (TPSA) is 51.1 Å². The predicted octanol–water partition coefficient (Wildman–Crippen LogP) is 3.63. The van der Waals surface area contributed by atoms with Crippen LogP contribution in [0.2, 0.25) is 0 Å². The number of hydrogen-bond acceptors (Lipinski definition) is 4. The predicted molar refractivity (Wildman–Crippen MR) is 91.7 cm³/mol. The summed E-state index contributed by atoms with van der Waals surface area (Å²) in [5, 5.41) is 5.72. The molecule has 3 rings (SSSR count). The van der Waals surface area contributed by atoms with Crippen molar-refractivity contribution >= 4 is 11.8 Å². The van der Waals surface area contributed by atoms with Gasteiger partial charge >= 0.3 is 0 Å². The Balaban J connectivity index is 1.86. The fraction of sp³-hybridized carbons (Fsp3) is 0.263. The van der Waals surface area contributed by atoms with Gasteiger partial charge in [0.05, 0.1) is 6.61 Å². The molecule has 1 aliphatic rings. The first-order valence-electron chi connectivity index (χ1n) is 7.93. The molecule has 0 spiro atoms. The lowest BCUT2D eigenvalue weighted by Crippen LogP contribution is -2.25. The van der Waals surface area contributed by atoms with Gasteiger partial charge in [-0.25, -0.2) is 0 Å². The molecule has 0 fully saturated rings. The van der Waals surface area contributed by atoms with Crippen LogP contribution >= 0.6 is 0 Å². The molecule has 1 amide bonds. The van der Waals surface area contributed by atoms with Crippen LogP contribution in [0.15, 0.2) is 53.6 Å². The highest BCUT2D eigenvalue weighted by molar-refractivity contribution is 5.96. The number of nitrogens with zero attached hydrogens (tertiary/aromatic N) is 2. The molecule has 5 heteroatoms. The minimum Gasteiger partial charge on any atom is -0.494 e. The van der Waals surface area contributed by atoms with Crippen molar-refractivity contribution in [2.45, 2.75) is 27.0 Å². The number of rotatable bonds is 4. The average molecular weight is 324 g/mol. The highest BCUT2D eigenvalue weighted by atomic mass is 16.5. The molecule has 5 nitrogen and oxygen atoms in total. The molecule has 2 aromatic carbocycles. The highest BCUT2D eigenvalue weighted by Crippen LogP contribution is 2.31. The van der Waals surface area contributed by atoms with Crippen LogP contribution in [0.1, 0.15) is 36.8 Å². The molecule has 1 atom stereocenters. The average Bonchev–Trinajstić information content (AvgIpc) is 3.02. The van der Waals surface area contributed by atoms with Gasteiger partial charge in [-0.05, 0) is 50.2 Å². The first kappa shape index (κ1) is 16.1. The molecule has 124 valence electrons. The van der Waals surface area contributed by atoms with E-state index in [0.29, 0.717) is 12.5 Å². The Bertz CT molecular complexity index is 751. The molecule has 1 unspecified atom stereocenters. The minimum absolute atomic E-state index is 0.170. The van der Waals surface area contributed by atoms with Crippen LogP contribution in [0.4, 0.5) is 0 Å². The molecule has 0 aliphatic carbocycles. The Labute approximate surface area is 141 Å². The van der Waals surface area contributed by atoms with Crippen LogP contribution in [0.25, 0.3) is 0 Å². The maximum absolute atomic E-state index is 11.9. The highest BCUT2D eigenvalue weighted by Gasteiger charge is 2.32. The van der Waals surface area contributed by atoms with Crippen molar-refractivity contribution < 1.29 is 14.3 Å². The third kappa shape index (κ3) is 3.25. The summed E-state index contributed by atoms with van der Waals surface area (Å²) in [6.45, 7) is 6.05. The van der Waals surface area contributed by atoms with E-state index in [1.807, 2.05) is 62.4 Å². The lowest BCUT2D eigenvalue weighted by atomic mass is 10.1. The van der Waals surface area contributed by atoms with Crippen molar-refractivity contribution in [3.8, 4) is 5.75 Å². The zero-order valence-electron chi connectivity index (χ0n) is 14.0. The quantitative estimate of drug-likeness (QED) is 0.863. The second-order valence-electron chi connectivity index (χ2n) is 5.61. The number of amides is 1. The Morgan fingerprint density at radius 3 is 2.42 bits per heavy atom. The number of aryl methyl sites for hydroxylation is 1. The largest absolute Gasteiger partial charge is 0.494 e. The van der Waals surface area contributed by atoms with E-state index in [2.05, 4.69) is 5.10 Å². The van der Waals surface area contributed by atoms with Crippen LogP contribution in [0.5, 0.6) is 5.75 Å². The number of carbonyl (C=O) groups excluding carboxylic acids is 1. The molecule has 0 saturated heterocycles. The molecular weight excluding hydrogens is 304 g/mol. The van der Waals surface area contributed by atoms with Gasteiger partial charge in [-0.1, -0.05) is 17.7 Å². The van der Waals surface area contributed by atoms with Crippen LogP contribution in [-0.4, -0.2) is 23.4 Å². The number of hydrazone groups is 1. The zero-order chi connectivity index (χ0) is 17.1. The lowest BCUT2D eigenvalue weighted by Gasteiger charge is -2.19. The fourth-order valence-electron chi connectivity index (χ4n) is 2.49. The summed E-state index contributed by atoms with van der Waals surface area (Å²) in [6.07, 6.45) is -0.561. The normalized spacial score (nSPS) is 16.5. The smallest absolute Gasteiger partial charge is 0.243 e. The van der Waals surface area contributed by atoms with Gasteiger partial charge in [-0.2, -0.15) is 5.01 Å². The van der Waals surface area contributed by atoms with Crippen LogP contribution in [0, 0.1) is 6.92 Å². The Morgan fingerprint density at radius 2 is 1.83 bits per heavy atom. The Hall–Kier alpha value is -2.82. The third-order valence-corrected chi connectivity index (χ3v) is 3.74. The van der Waals surface area contributed by atoms with E-state index in [4.69, 9.17) is 9.47 Å². The second-order valence-corrected chi connectivity index (χ2v) is 5.61. The monoisotopic (exact) mass is 324 g/mol. The van der Waals surface area contributed by atoms with Crippen molar-refractivity contribution in [1.82, 2.24) is 5.01 Å². The lowest BCUT2D eigenvalue weighted by molar-refractivity contribution is -0.135. The van der Waals surface area contributed by atoms with Gasteiger partial charge in [0.25, 0.3) is 0 Å². The molecule has 24 heavy (non-hydrogen) atoms. The van der Waals surface area contributed by atoms with Crippen LogP contribution in [-0.2, 0) is 9.53 Å². The summed E-state index contributed by atoms with van der Waals surface area (Å²) in [7, 11) is 0. The maximum atomic E-state index is 11.9. The summed E-state index contributed by atoms with van der Waals surface area (Å²) < 4.78 is 11.4. The molecule has 2 aromatic rings. The second kappa shape index (κ2) is 6.74. The minimum atomic E-state index is -0.561. The summed E-state index contributed by atoms with van der Waals surface area (Å²) in [5.41, 5.74) is 2.85. The van der Waals surface area contributed by atoms with Gasteiger partial charge in [-0.3, -0.25) is 4.79 Å². The van der Waals surface area contributed by atoms with E-state index in [0.717, 1.165) is 22.4 Å². The van der Waals surface area contributed by atoms with Gasteiger partial charge in [0.15, 0.2) is 0 Å². The van der Waals surface area contributed by atoms with Gasteiger partial charge in [0.2, 0.25) is 18.0 Å². The van der Waals surface area contributed by atoms with Crippen molar-refractivity contribution in [3.05, 3.63) is 65.2 Å². The molecule has 0 aromatic heterocycles. The van der Waals surface area contributed by atoms with Crippen molar-refractivity contribution in [3.63, 3.8) is 0 Å². The van der Waals surface area contributed by atoms with Crippen molar-refractivity contribution in [2.24, 2.45) is 5.10 Å². The molecule has 0 bridgehead atoms. The van der Waals surface area contributed by atoms with Crippen molar-refractivity contribution in [2.75, 3.05) is 6.61 Å². The van der Waals surface area contributed by atoms with Gasteiger partial charge in [0, 0.05) is 18.1 Å². The zero-order valence-corrected chi connectivity index (χ0v) is 14.0. The molecular formula is C19H20N2O3. The van der Waals surface area contributed by atoms with E-state index in [-0.39, 0.29) is 5.91 Å². The SMILES string of the molecule is CCOc1ccc(C2OC(c3ccc(C)cc3)=NN2C(C)=O)cc1. The first-order valence-corrected chi connectivity index (χ1v) is 7.93. The number of ether oxygens (including phenoxy) is 2. The summed E-state index contributed by atoms with van der Waals surface area (Å²) in [4.78, 5) is 11.9. The van der Waals surface area contributed by atoms with E-state index in [9.17, 15) is 4.79 Å². The van der Waals surface area contributed by atoms with E-state index in [1.54, 1.807) is 0 Å². The number of hydrogen-bond donors (Lipinski definition) is 0. The Kier molecular flexibility index (Phi) is 4.51. The van der Waals surface area contributed by atoms with Gasteiger partial charge < -0.3 is 9.47 Å². The van der Waals surface area contributed by atoms with Gasteiger partial charge in [0.1, 0.15) is 5.75 Å². The van der Waals surface area contributed by atoms with Crippen molar-refractivity contribution in [1.29, 1.82) is 0 Å². The summed E-state index contributed by atoms with van der Waals surface area (Å²) in [5.74, 6) is 1.06. The summed E-state index contributed by atoms with van der Waals surface area (Å²) in [6, 6.07) is 15.4. The van der Waals surface area contributed by atoms with Gasteiger partial charge in [-0.15, -0.1) is 5.10 Å². The molecule has 1 aliphatic heterocycles. The maximum Gasteiger partial charge on any atom is 0.243 e. The number of carbonyl (C=O) groups is 1. The Morgan fingerprint density at radius 1 is 1.17 bits per heavy atom. The van der Waals surface area contributed by atoms with E-state index >= 15 is 0 Å². The van der Waals surface area contributed by atoms with E-state index < -0.39 is 6.23 Å². The fourth-order valence-corrected chi connectivity index (χ4v) is 2.49. The molecule has 0 N–H and O–H groups in total. The van der Waals surface area contributed by atoms with Crippen LogP contribution in [0.3, 0.4) is 0 Å². The summed E-state index contributed by atoms with van der Waals surface area (Å²) >= 11 is 0. The first-order chi connectivity index (χ1) is 11.6. The molecule has 1 heterocycles. The molecule has 0 saturated carbocycles. The van der Waals surface area contributed by atoms with E-state index in [1.165, 1.54) is 11.9 Å². The molecule has 0 radical (unpaired) electrons. The van der Waals surface area contributed by atoms with Crippen LogP contribution < -0.4 is 4.74 Å². The standard InChI is InChI=1S/C19H20N2O3/c1-4-23-17-11-9-16(10-12-17)19-21(14(3)22)20-18(24-19)15-7-5-13(2)6-8-15/h5-12,19H,4H2,1-3H3.